The average Bonchev–Trinajstić information content (AvgIpc) is 2.89. The number of nitrogens with two attached hydrogens (primary N) is 1. The molecule has 0 unspecified atom stereocenters. The zero-order valence-electron chi connectivity index (χ0n) is 12.4. The second kappa shape index (κ2) is 7.33. The van der Waals surface area contributed by atoms with E-state index in [-0.39, 0.29) is 0 Å². The van der Waals surface area contributed by atoms with Gasteiger partial charge in [0.1, 0.15) is 5.75 Å². The zero-order valence-corrected chi connectivity index (χ0v) is 12.4. The van der Waals surface area contributed by atoms with E-state index in [1.807, 2.05) is 37.4 Å². The molecular formula is C15H21N5O. The van der Waals surface area contributed by atoms with Crippen LogP contribution in [0.2, 0.25) is 0 Å². The highest BCUT2D eigenvalue weighted by atomic mass is 16.5. The van der Waals surface area contributed by atoms with Crippen LogP contribution in [0.3, 0.4) is 0 Å². The van der Waals surface area contributed by atoms with Gasteiger partial charge >= 0.3 is 0 Å². The van der Waals surface area contributed by atoms with Gasteiger partial charge in [-0.3, -0.25) is 10.1 Å². The van der Waals surface area contributed by atoms with Crippen molar-refractivity contribution in [2.75, 3.05) is 19.0 Å². The summed E-state index contributed by atoms with van der Waals surface area (Å²) in [5.41, 5.74) is 9.07. The molecule has 0 saturated carbocycles. The largest absolute Gasteiger partial charge is 0.497 e. The fourth-order valence-electron chi connectivity index (χ4n) is 1.98. The number of hydrogen-bond donors (Lipinski definition) is 3. The number of nitrogens with one attached hydrogen (secondary N) is 2. The van der Waals surface area contributed by atoms with Crippen molar-refractivity contribution in [3.05, 3.63) is 41.7 Å². The van der Waals surface area contributed by atoms with Crippen LogP contribution < -0.4 is 15.8 Å². The van der Waals surface area contributed by atoms with Gasteiger partial charge in [0.25, 0.3) is 0 Å². The van der Waals surface area contributed by atoms with Gasteiger partial charge in [0.2, 0.25) is 0 Å². The lowest BCUT2D eigenvalue weighted by molar-refractivity contribution is 0.415. The van der Waals surface area contributed by atoms with Gasteiger partial charge in [0.15, 0.2) is 5.96 Å². The number of methoxy groups -OCH3 is 1. The van der Waals surface area contributed by atoms with Crippen molar-refractivity contribution in [1.29, 1.82) is 0 Å². The standard InChI is InChI=1S/C15H21N5O/c1-11-12(10-18-20-11)5-4-8-17-15(16)19-13-6-3-7-14(9-13)21-2/h3,6-7,9-10H,4-5,8H2,1-2H3,(H,18,20)(H3,16,17,19). The normalized spacial score (nSPS) is 11.4. The van der Waals surface area contributed by atoms with Crippen LogP contribution in [0.1, 0.15) is 17.7 Å². The van der Waals surface area contributed by atoms with Crippen LogP contribution in [0, 0.1) is 6.92 Å². The summed E-state index contributed by atoms with van der Waals surface area (Å²) in [4.78, 5) is 4.32. The van der Waals surface area contributed by atoms with Crippen LogP contribution in [0.4, 0.5) is 5.69 Å². The molecule has 2 rings (SSSR count). The molecule has 0 atom stereocenters. The maximum Gasteiger partial charge on any atom is 0.193 e. The van der Waals surface area contributed by atoms with Gasteiger partial charge in [-0.15, -0.1) is 0 Å². The van der Waals surface area contributed by atoms with E-state index in [1.54, 1.807) is 7.11 Å². The van der Waals surface area contributed by atoms with Crippen molar-refractivity contribution in [1.82, 2.24) is 10.2 Å². The summed E-state index contributed by atoms with van der Waals surface area (Å²) < 4.78 is 5.16. The van der Waals surface area contributed by atoms with Gasteiger partial charge in [-0.05, 0) is 37.5 Å². The zero-order chi connectivity index (χ0) is 15.1. The van der Waals surface area contributed by atoms with Crippen molar-refractivity contribution in [2.24, 2.45) is 10.7 Å². The van der Waals surface area contributed by atoms with E-state index >= 15 is 0 Å². The Morgan fingerprint density at radius 3 is 3.05 bits per heavy atom. The van der Waals surface area contributed by atoms with Crippen LogP contribution in [0.25, 0.3) is 0 Å². The third-order valence-electron chi connectivity index (χ3n) is 3.16. The van der Waals surface area contributed by atoms with E-state index in [0.29, 0.717) is 12.5 Å². The van der Waals surface area contributed by atoms with E-state index in [0.717, 1.165) is 30.0 Å². The SMILES string of the molecule is COc1cccc(NC(N)=NCCCc2cn[nH]c2C)c1. The van der Waals surface area contributed by atoms with Crippen LogP contribution in [0.5, 0.6) is 5.75 Å². The molecule has 0 fully saturated rings. The number of anilines is 1. The van der Waals surface area contributed by atoms with Crippen molar-refractivity contribution in [3.8, 4) is 5.75 Å². The fraction of sp³-hybridized carbons (Fsp3) is 0.333. The average molecular weight is 287 g/mol. The Hall–Kier alpha value is -2.50. The number of hydrogen-bond acceptors (Lipinski definition) is 3. The third kappa shape index (κ3) is 4.52. The summed E-state index contributed by atoms with van der Waals surface area (Å²) in [7, 11) is 1.63. The van der Waals surface area contributed by atoms with Gasteiger partial charge in [-0.2, -0.15) is 5.10 Å². The first-order chi connectivity index (χ1) is 10.2. The molecule has 4 N–H and O–H groups in total. The quantitative estimate of drug-likeness (QED) is 0.431. The summed E-state index contributed by atoms with van der Waals surface area (Å²) in [5, 5.41) is 9.98. The molecule has 21 heavy (non-hydrogen) atoms. The first kappa shape index (κ1) is 14.9. The number of guanidine groups is 1. The predicted octanol–water partition coefficient (Wildman–Crippen LogP) is 2.09. The lowest BCUT2D eigenvalue weighted by atomic mass is 10.1. The van der Waals surface area contributed by atoms with Gasteiger partial charge in [-0.1, -0.05) is 6.07 Å². The molecule has 0 saturated heterocycles. The number of nitrogens with zero attached hydrogens (tertiary/aromatic N) is 2. The number of aromatic amines is 1. The third-order valence-corrected chi connectivity index (χ3v) is 3.16. The smallest absolute Gasteiger partial charge is 0.193 e. The summed E-state index contributed by atoms with van der Waals surface area (Å²) >= 11 is 0. The summed E-state index contributed by atoms with van der Waals surface area (Å²) in [6.07, 6.45) is 3.73. The Balaban J connectivity index is 1.79. The van der Waals surface area contributed by atoms with Gasteiger partial charge in [0.05, 0.1) is 13.3 Å². The predicted molar refractivity (Wildman–Crippen MR) is 84.8 cm³/mol. The first-order valence-corrected chi connectivity index (χ1v) is 6.89. The molecule has 1 heterocycles. The Labute approximate surface area is 124 Å². The molecule has 6 nitrogen and oxygen atoms in total. The Morgan fingerprint density at radius 2 is 2.33 bits per heavy atom. The lowest BCUT2D eigenvalue weighted by Gasteiger charge is -2.07. The van der Waals surface area contributed by atoms with Crippen molar-refractivity contribution >= 4 is 11.6 Å². The minimum Gasteiger partial charge on any atom is -0.497 e. The van der Waals surface area contributed by atoms with E-state index < -0.39 is 0 Å². The molecule has 1 aromatic heterocycles. The number of rotatable bonds is 6. The molecule has 0 spiro atoms. The van der Waals surface area contributed by atoms with Crippen molar-refractivity contribution < 1.29 is 4.74 Å². The fourth-order valence-corrected chi connectivity index (χ4v) is 1.98. The summed E-state index contributed by atoms with van der Waals surface area (Å²) in [6, 6.07) is 7.57. The van der Waals surface area contributed by atoms with Crippen LogP contribution in [0.15, 0.2) is 35.5 Å². The van der Waals surface area contributed by atoms with Crippen LogP contribution in [-0.2, 0) is 6.42 Å². The van der Waals surface area contributed by atoms with Gasteiger partial charge in [-0.25, -0.2) is 0 Å². The Morgan fingerprint density at radius 1 is 1.48 bits per heavy atom. The Kier molecular flexibility index (Phi) is 5.20. The Bertz CT molecular complexity index is 606. The second-order valence-corrected chi connectivity index (χ2v) is 4.75. The number of aromatic nitrogens is 2. The summed E-state index contributed by atoms with van der Waals surface area (Å²) in [5.74, 6) is 1.19. The highest BCUT2D eigenvalue weighted by Crippen LogP contribution is 2.16. The molecule has 0 bridgehead atoms. The van der Waals surface area contributed by atoms with E-state index in [9.17, 15) is 0 Å². The monoisotopic (exact) mass is 287 g/mol. The van der Waals surface area contributed by atoms with Gasteiger partial charge in [0, 0.05) is 24.0 Å². The number of aliphatic imine (C=N–C) groups is 1. The molecule has 2 aromatic rings. The highest BCUT2D eigenvalue weighted by Gasteiger charge is 2.00. The van der Waals surface area contributed by atoms with Crippen LogP contribution in [-0.4, -0.2) is 29.8 Å². The number of H-pyrrole nitrogens is 1. The molecule has 0 aliphatic heterocycles. The van der Waals surface area contributed by atoms with E-state index in [4.69, 9.17) is 10.5 Å². The maximum atomic E-state index is 5.87. The molecule has 112 valence electrons. The lowest BCUT2D eigenvalue weighted by Crippen LogP contribution is -2.22. The number of ether oxygens (including phenoxy) is 1. The topological polar surface area (TPSA) is 88.3 Å². The van der Waals surface area contributed by atoms with Crippen molar-refractivity contribution in [2.45, 2.75) is 19.8 Å². The summed E-state index contributed by atoms with van der Waals surface area (Å²) in [6.45, 7) is 2.69. The van der Waals surface area contributed by atoms with E-state index in [1.165, 1.54) is 5.56 Å². The molecule has 0 aliphatic carbocycles. The van der Waals surface area contributed by atoms with E-state index in [2.05, 4.69) is 20.5 Å². The van der Waals surface area contributed by atoms with Crippen molar-refractivity contribution in [3.63, 3.8) is 0 Å². The number of aryl methyl sites for hydroxylation is 2. The molecule has 6 heteroatoms. The van der Waals surface area contributed by atoms with Crippen LogP contribution >= 0.6 is 0 Å². The highest BCUT2D eigenvalue weighted by molar-refractivity contribution is 5.92. The molecule has 0 aliphatic rings. The molecular weight excluding hydrogens is 266 g/mol. The number of benzene rings is 1. The molecule has 0 radical (unpaired) electrons. The second-order valence-electron chi connectivity index (χ2n) is 4.75. The van der Waals surface area contributed by atoms with Gasteiger partial charge < -0.3 is 15.8 Å². The maximum absolute atomic E-state index is 5.87. The minimum atomic E-state index is 0.409. The molecule has 1 aromatic carbocycles. The minimum absolute atomic E-state index is 0.409. The first-order valence-electron chi connectivity index (χ1n) is 6.89. The molecule has 0 amide bonds.